The first-order valence-electron chi connectivity index (χ1n) is 7.85. The molecule has 0 saturated heterocycles. The molecular weight excluding hydrogens is 332 g/mol. The van der Waals surface area contributed by atoms with Gasteiger partial charge in [0.25, 0.3) is 5.91 Å². The lowest BCUT2D eigenvalue weighted by molar-refractivity contribution is -0.119. The van der Waals surface area contributed by atoms with Crippen LogP contribution in [0.1, 0.15) is 18.5 Å². The van der Waals surface area contributed by atoms with Gasteiger partial charge >= 0.3 is 0 Å². The van der Waals surface area contributed by atoms with Gasteiger partial charge in [-0.2, -0.15) is 10.1 Å². The highest BCUT2D eigenvalue weighted by Crippen LogP contribution is 2.20. The van der Waals surface area contributed by atoms with Gasteiger partial charge in [-0.3, -0.25) is 4.79 Å². The Labute approximate surface area is 150 Å². The van der Waals surface area contributed by atoms with Gasteiger partial charge in [-0.05, 0) is 42.5 Å². The molecule has 0 radical (unpaired) electrons. The normalized spacial score (nSPS) is 11.4. The number of anilines is 1. The molecule has 3 aromatic rings. The van der Waals surface area contributed by atoms with Crippen LogP contribution in [0.3, 0.4) is 0 Å². The third-order valence-electron chi connectivity index (χ3n) is 3.74. The lowest BCUT2D eigenvalue weighted by atomic mass is 10.2. The molecule has 8 nitrogen and oxygen atoms in total. The van der Waals surface area contributed by atoms with E-state index in [1.54, 1.807) is 44.4 Å². The second-order valence-corrected chi connectivity index (χ2v) is 5.52. The summed E-state index contributed by atoms with van der Waals surface area (Å²) in [5, 5.41) is 23.9. The van der Waals surface area contributed by atoms with Crippen LogP contribution in [0.4, 0.5) is 5.69 Å². The van der Waals surface area contributed by atoms with E-state index in [4.69, 9.17) is 10.00 Å². The van der Waals surface area contributed by atoms with Gasteiger partial charge in [-0.1, -0.05) is 18.2 Å². The topological polar surface area (TPSA) is 106 Å². The van der Waals surface area contributed by atoms with E-state index in [-0.39, 0.29) is 5.91 Å². The quantitative estimate of drug-likeness (QED) is 0.759. The fourth-order valence-corrected chi connectivity index (χ4v) is 2.28. The van der Waals surface area contributed by atoms with Crippen LogP contribution in [-0.2, 0) is 4.79 Å². The molecule has 130 valence electrons. The van der Waals surface area contributed by atoms with Crippen molar-refractivity contribution in [3.63, 3.8) is 0 Å². The maximum atomic E-state index is 12.4. The van der Waals surface area contributed by atoms with E-state index in [2.05, 4.69) is 20.7 Å². The Morgan fingerprint density at radius 1 is 1.27 bits per heavy atom. The number of amides is 1. The van der Waals surface area contributed by atoms with Crippen molar-refractivity contribution in [1.82, 2.24) is 20.2 Å². The van der Waals surface area contributed by atoms with Crippen LogP contribution in [0.2, 0.25) is 0 Å². The third-order valence-corrected chi connectivity index (χ3v) is 3.74. The average molecular weight is 348 g/mol. The van der Waals surface area contributed by atoms with E-state index >= 15 is 0 Å². The molecule has 0 aliphatic heterocycles. The molecule has 0 aliphatic carbocycles. The van der Waals surface area contributed by atoms with Gasteiger partial charge in [0.1, 0.15) is 11.8 Å². The molecule has 2 aromatic carbocycles. The summed E-state index contributed by atoms with van der Waals surface area (Å²) in [6.07, 6.45) is 0. The maximum Gasteiger partial charge on any atom is 0.250 e. The van der Waals surface area contributed by atoms with Gasteiger partial charge in [0.2, 0.25) is 5.82 Å². The summed E-state index contributed by atoms with van der Waals surface area (Å²) < 4.78 is 5.18. The van der Waals surface area contributed by atoms with Crippen LogP contribution in [0, 0.1) is 11.3 Å². The highest BCUT2D eigenvalue weighted by Gasteiger charge is 2.19. The fourth-order valence-electron chi connectivity index (χ4n) is 2.28. The molecule has 0 fully saturated rings. The number of ether oxygens (including phenoxy) is 1. The first kappa shape index (κ1) is 17.1. The van der Waals surface area contributed by atoms with Crippen molar-refractivity contribution in [2.45, 2.75) is 13.0 Å². The number of carbonyl (C=O) groups is 1. The minimum Gasteiger partial charge on any atom is -0.497 e. The van der Waals surface area contributed by atoms with Crippen molar-refractivity contribution in [3.8, 4) is 23.2 Å². The van der Waals surface area contributed by atoms with Crippen molar-refractivity contribution in [3.05, 3.63) is 54.1 Å². The zero-order chi connectivity index (χ0) is 18.5. The lowest BCUT2D eigenvalue weighted by Crippen LogP contribution is -2.25. The summed E-state index contributed by atoms with van der Waals surface area (Å²) >= 11 is 0. The number of nitrogens with zero attached hydrogens (tertiary/aromatic N) is 5. The first-order chi connectivity index (χ1) is 12.6. The van der Waals surface area contributed by atoms with Crippen molar-refractivity contribution in [2.75, 3.05) is 12.4 Å². The van der Waals surface area contributed by atoms with Gasteiger partial charge in [-0.25, -0.2) is 0 Å². The minimum atomic E-state index is -0.674. The Hall–Kier alpha value is -3.73. The Morgan fingerprint density at radius 3 is 2.85 bits per heavy atom. The molecule has 8 heteroatoms. The van der Waals surface area contributed by atoms with Crippen LogP contribution in [0.5, 0.6) is 5.75 Å². The van der Waals surface area contributed by atoms with Gasteiger partial charge < -0.3 is 10.1 Å². The molecule has 0 unspecified atom stereocenters. The van der Waals surface area contributed by atoms with Gasteiger partial charge in [0, 0.05) is 11.3 Å². The zero-order valence-electron chi connectivity index (χ0n) is 14.2. The Kier molecular flexibility index (Phi) is 4.90. The number of aromatic nitrogens is 4. The maximum absolute atomic E-state index is 12.4. The monoisotopic (exact) mass is 348 g/mol. The number of tetrazole rings is 1. The standard InChI is InChI=1S/C18H16N6O2/c1-12(18(25)20-15-7-3-5-13(9-15)11-19)24-22-17(21-23-24)14-6-4-8-16(10-14)26-2/h3-10,12H,1-2H3,(H,20,25)/t12-/m1/s1. The van der Waals surface area contributed by atoms with Gasteiger partial charge in [0.05, 0.1) is 18.7 Å². The molecule has 26 heavy (non-hydrogen) atoms. The number of nitrogens with one attached hydrogen (secondary N) is 1. The summed E-state index contributed by atoms with van der Waals surface area (Å²) in [6, 6.07) is 15.3. The van der Waals surface area contributed by atoms with Crippen LogP contribution in [-0.4, -0.2) is 33.2 Å². The average Bonchev–Trinajstić information content (AvgIpc) is 3.17. The number of rotatable bonds is 5. The van der Waals surface area contributed by atoms with Crippen molar-refractivity contribution >= 4 is 11.6 Å². The highest BCUT2D eigenvalue weighted by molar-refractivity contribution is 5.93. The van der Waals surface area contributed by atoms with E-state index in [1.807, 2.05) is 24.3 Å². The summed E-state index contributed by atoms with van der Waals surface area (Å²) in [5.74, 6) is 0.770. The second-order valence-electron chi connectivity index (χ2n) is 5.52. The third kappa shape index (κ3) is 3.67. The molecule has 0 bridgehead atoms. The van der Waals surface area contributed by atoms with E-state index in [0.717, 1.165) is 5.56 Å². The SMILES string of the molecule is COc1cccc(-c2nnn([C@H](C)C(=O)Nc3cccc(C#N)c3)n2)c1. The first-order valence-corrected chi connectivity index (χ1v) is 7.85. The zero-order valence-corrected chi connectivity index (χ0v) is 14.2. The number of methoxy groups -OCH3 is 1. The molecule has 1 amide bonds. The van der Waals surface area contributed by atoms with E-state index < -0.39 is 6.04 Å². The largest absolute Gasteiger partial charge is 0.497 e. The summed E-state index contributed by atoms with van der Waals surface area (Å²) in [6.45, 7) is 1.67. The molecule has 0 aliphatic rings. The highest BCUT2D eigenvalue weighted by atomic mass is 16.5. The van der Waals surface area contributed by atoms with Crippen LogP contribution in [0.25, 0.3) is 11.4 Å². The van der Waals surface area contributed by atoms with E-state index in [9.17, 15) is 4.79 Å². The number of hydrogen-bond acceptors (Lipinski definition) is 6. The fraction of sp³-hybridized carbons (Fsp3) is 0.167. The molecule has 1 heterocycles. The number of hydrogen-bond donors (Lipinski definition) is 1. The molecule has 1 aromatic heterocycles. The lowest BCUT2D eigenvalue weighted by Gasteiger charge is -2.10. The molecule has 3 rings (SSSR count). The minimum absolute atomic E-state index is 0.310. The molecular formula is C18H16N6O2. The van der Waals surface area contributed by atoms with E-state index in [1.165, 1.54) is 4.80 Å². The van der Waals surface area contributed by atoms with Gasteiger partial charge in [-0.15, -0.1) is 10.2 Å². The number of benzene rings is 2. The predicted octanol–water partition coefficient (Wildman–Crippen LogP) is 2.42. The summed E-state index contributed by atoms with van der Waals surface area (Å²) in [7, 11) is 1.58. The van der Waals surface area contributed by atoms with Crippen molar-refractivity contribution in [1.29, 1.82) is 5.26 Å². The summed E-state index contributed by atoms with van der Waals surface area (Å²) in [5.41, 5.74) is 1.74. The second kappa shape index (κ2) is 7.44. The molecule has 1 atom stereocenters. The van der Waals surface area contributed by atoms with Crippen LogP contribution in [0.15, 0.2) is 48.5 Å². The number of nitriles is 1. The molecule has 1 N–H and O–H groups in total. The van der Waals surface area contributed by atoms with Gasteiger partial charge in [0.15, 0.2) is 0 Å². The van der Waals surface area contributed by atoms with Crippen LogP contribution < -0.4 is 10.1 Å². The molecule has 0 spiro atoms. The Balaban J connectivity index is 1.75. The van der Waals surface area contributed by atoms with E-state index in [0.29, 0.717) is 22.8 Å². The Morgan fingerprint density at radius 2 is 2.08 bits per heavy atom. The van der Waals surface area contributed by atoms with Crippen LogP contribution >= 0.6 is 0 Å². The number of carbonyl (C=O) groups excluding carboxylic acids is 1. The smallest absolute Gasteiger partial charge is 0.250 e. The Bertz CT molecular complexity index is 976. The van der Waals surface area contributed by atoms with Crippen molar-refractivity contribution in [2.24, 2.45) is 0 Å². The molecule has 0 saturated carbocycles. The summed E-state index contributed by atoms with van der Waals surface area (Å²) in [4.78, 5) is 13.7. The van der Waals surface area contributed by atoms with Crippen molar-refractivity contribution < 1.29 is 9.53 Å². The predicted molar refractivity (Wildman–Crippen MR) is 94.3 cm³/mol.